The molecule has 30 heavy (non-hydrogen) atoms. The van der Waals surface area contributed by atoms with Crippen molar-refractivity contribution < 1.29 is 14.3 Å². The van der Waals surface area contributed by atoms with Crippen molar-refractivity contribution in [3.05, 3.63) is 83.9 Å². The quantitative estimate of drug-likeness (QED) is 0.644. The fraction of sp³-hybridized carbons (Fsp3) is 0.167. The molecule has 0 fully saturated rings. The van der Waals surface area contributed by atoms with Gasteiger partial charge in [0.25, 0.3) is 0 Å². The number of benzene rings is 3. The van der Waals surface area contributed by atoms with Crippen molar-refractivity contribution in [2.24, 2.45) is 0 Å². The number of fused-ring (bicyclic) bond motifs is 1. The molecule has 4 rings (SSSR count). The molecule has 3 amide bonds. The van der Waals surface area contributed by atoms with Crippen LogP contribution in [0.1, 0.15) is 17.5 Å². The largest absolute Gasteiger partial charge is 0.497 e. The smallest absolute Gasteiger partial charge is 0.323 e. The monoisotopic (exact) mass is 401 g/mol. The Kier molecular flexibility index (Phi) is 5.66. The van der Waals surface area contributed by atoms with Crippen LogP contribution >= 0.6 is 0 Å². The molecule has 1 aliphatic rings. The average Bonchev–Trinajstić information content (AvgIpc) is 2.77. The normalized spacial score (nSPS) is 12.8. The number of nitrogens with zero attached hydrogens (tertiary/aromatic N) is 1. The predicted octanol–water partition coefficient (Wildman–Crippen LogP) is 4.82. The van der Waals surface area contributed by atoms with Crippen LogP contribution in [0.25, 0.3) is 0 Å². The van der Waals surface area contributed by atoms with Crippen LogP contribution in [0.3, 0.4) is 0 Å². The highest BCUT2D eigenvalue weighted by molar-refractivity contribution is 6.01. The van der Waals surface area contributed by atoms with Crippen molar-refractivity contribution in [1.82, 2.24) is 0 Å². The minimum atomic E-state index is -0.326. The van der Waals surface area contributed by atoms with Crippen LogP contribution in [0.15, 0.2) is 72.8 Å². The second kappa shape index (κ2) is 8.69. The summed E-state index contributed by atoms with van der Waals surface area (Å²) in [6, 6.07) is 22.4. The van der Waals surface area contributed by atoms with E-state index in [0.717, 1.165) is 22.6 Å². The summed E-state index contributed by atoms with van der Waals surface area (Å²) in [5.74, 6) is 0.842. The van der Waals surface area contributed by atoms with Gasteiger partial charge in [0.05, 0.1) is 13.7 Å². The van der Waals surface area contributed by atoms with Crippen LogP contribution in [0, 0.1) is 0 Å². The molecule has 0 bridgehead atoms. The number of methoxy groups -OCH3 is 1. The molecule has 0 saturated heterocycles. The third kappa shape index (κ3) is 4.43. The summed E-state index contributed by atoms with van der Waals surface area (Å²) < 4.78 is 5.12. The molecule has 3 aromatic rings. The van der Waals surface area contributed by atoms with Gasteiger partial charge >= 0.3 is 6.03 Å². The number of hydrogen-bond acceptors (Lipinski definition) is 3. The molecule has 3 aromatic carbocycles. The van der Waals surface area contributed by atoms with E-state index >= 15 is 0 Å². The zero-order valence-corrected chi connectivity index (χ0v) is 16.7. The first-order valence-electron chi connectivity index (χ1n) is 9.81. The van der Waals surface area contributed by atoms with E-state index in [-0.39, 0.29) is 11.9 Å². The van der Waals surface area contributed by atoms with E-state index in [0.29, 0.717) is 30.8 Å². The van der Waals surface area contributed by atoms with Crippen LogP contribution in [0.5, 0.6) is 5.75 Å². The fourth-order valence-corrected chi connectivity index (χ4v) is 3.54. The van der Waals surface area contributed by atoms with E-state index in [1.807, 2.05) is 53.4 Å². The second-order valence-electron chi connectivity index (χ2n) is 7.12. The Morgan fingerprint density at radius 1 is 0.933 bits per heavy atom. The van der Waals surface area contributed by atoms with Crippen LogP contribution < -0.4 is 20.3 Å². The lowest BCUT2D eigenvalue weighted by Crippen LogP contribution is -2.34. The van der Waals surface area contributed by atoms with Gasteiger partial charge in [-0.05, 0) is 60.0 Å². The van der Waals surface area contributed by atoms with Gasteiger partial charge in [-0.25, -0.2) is 4.79 Å². The first-order chi connectivity index (χ1) is 14.6. The Morgan fingerprint density at radius 2 is 1.63 bits per heavy atom. The molecule has 1 heterocycles. The Morgan fingerprint density at radius 3 is 2.37 bits per heavy atom. The van der Waals surface area contributed by atoms with Gasteiger partial charge in [-0.3, -0.25) is 4.79 Å². The molecule has 6 heteroatoms. The van der Waals surface area contributed by atoms with Gasteiger partial charge in [0.15, 0.2) is 0 Å². The highest BCUT2D eigenvalue weighted by atomic mass is 16.5. The fourth-order valence-electron chi connectivity index (χ4n) is 3.54. The third-order valence-electron chi connectivity index (χ3n) is 5.07. The standard InChI is InChI=1S/C24H23N3O3/c1-30-21-11-8-19(9-12-21)25-24(29)26-20-10-13-22-18(15-20)7-14-23(28)27(22)16-17-5-3-2-4-6-17/h2-6,8-13,15H,7,14,16H2,1H3,(H2,25,26,29). The highest BCUT2D eigenvalue weighted by Gasteiger charge is 2.24. The molecule has 0 spiro atoms. The minimum Gasteiger partial charge on any atom is -0.497 e. The van der Waals surface area contributed by atoms with Crippen LogP contribution in [0.4, 0.5) is 21.9 Å². The Bertz CT molecular complexity index is 1050. The number of hydrogen-bond donors (Lipinski definition) is 2. The highest BCUT2D eigenvalue weighted by Crippen LogP contribution is 2.31. The third-order valence-corrected chi connectivity index (χ3v) is 5.07. The summed E-state index contributed by atoms with van der Waals surface area (Å²) in [5, 5.41) is 5.66. The van der Waals surface area contributed by atoms with Gasteiger partial charge in [-0.15, -0.1) is 0 Å². The Balaban J connectivity index is 1.46. The van der Waals surface area contributed by atoms with Crippen LogP contribution in [0.2, 0.25) is 0 Å². The van der Waals surface area contributed by atoms with Crippen molar-refractivity contribution >= 4 is 29.0 Å². The SMILES string of the molecule is COc1ccc(NC(=O)Nc2ccc3c(c2)CCC(=O)N3Cc2ccccc2)cc1. The second-order valence-corrected chi connectivity index (χ2v) is 7.12. The van der Waals surface area contributed by atoms with E-state index in [9.17, 15) is 9.59 Å². The molecule has 152 valence electrons. The number of carbonyl (C=O) groups excluding carboxylic acids is 2. The van der Waals surface area contributed by atoms with Crippen molar-refractivity contribution in [3.8, 4) is 5.75 Å². The first-order valence-corrected chi connectivity index (χ1v) is 9.81. The molecular weight excluding hydrogens is 378 g/mol. The Hall–Kier alpha value is -3.80. The van der Waals surface area contributed by atoms with E-state index in [2.05, 4.69) is 10.6 Å². The Labute approximate surface area is 175 Å². The minimum absolute atomic E-state index is 0.115. The maximum atomic E-state index is 12.5. The molecule has 0 unspecified atom stereocenters. The van der Waals surface area contributed by atoms with Gasteiger partial charge in [0, 0.05) is 23.5 Å². The molecule has 1 aliphatic heterocycles. The molecular formula is C24H23N3O3. The lowest BCUT2D eigenvalue weighted by atomic mass is 9.99. The van der Waals surface area contributed by atoms with Crippen molar-refractivity contribution in [2.45, 2.75) is 19.4 Å². The zero-order valence-electron chi connectivity index (χ0n) is 16.7. The molecule has 0 radical (unpaired) electrons. The molecule has 0 aliphatic carbocycles. The van der Waals surface area contributed by atoms with Crippen LogP contribution in [-0.2, 0) is 17.8 Å². The lowest BCUT2D eigenvalue weighted by molar-refractivity contribution is -0.119. The van der Waals surface area contributed by atoms with Gasteiger partial charge < -0.3 is 20.3 Å². The van der Waals surface area contributed by atoms with Crippen molar-refractivity contribution in [2.75, 3.05) is 22.6 Å². The molecule has 0 aromatic heterocycles. The first kappa shape index (κ1) is 19.5. The topological polar surface area (TPSA) is 70.7 Å². The molecule has 0 atom stereocenters. The van der Waals surface area contributed by atoms with E-state index in [1.54, 1.807) is 31.4 Å². The number of carbonyl (C=O) groups is 2. The number of anilines is 3. The van der Waals surface area contributed by atoms with E-state index in [1.165, 1.54) is 0 Å². The predicted molar refractivity (Wildman–Crippen MR) is 118 cm³/mol. The summed E-state index contributed by atoms with van der Waals surface area (Å²) in [5.41, 5.74) is 4.39. The van der Waals surface area contributed by atoms with E-state index < -0.39 is 0 Å². The van der Waals surface area contributed by atoms with Gasteiger partial charge in [0.2, 0.25) is 5.91 Å². The number of urea groups is 1. The number of amides is 3. The van der Waals surface area contributed by atoms with Gasteiger partial charge in [-0.2, -0.15) is 0 Å². The summed E-state index contributed by atoms with van der Waals surface area (Å²) in [6.45, 7) is 0.539. The zero-order chi connectivity index (χ0) is 20.9. The maximum Gasteiger partial charge on any atom is 0.323 e. The number of nitrogens with one attached hydrogen (secondary N) is 2. The van der Waals surface area contributed by atoms with Gasteiger partial charge in [-0.1, -0.05) is 30.3 Å². The summed E-state index contributed by atoms with van der Waals surface area (Å²) in [4.78, 5) is 26.7. The van der Waals surface area contributed by atoms with E-state index in [4.69, 9.17) is 4.74 Å². The summed E-state index contributed by atoms with van der Waals surface area (Å²) >= 11 is 0. The summed E-state index contributed by atoms with van der Waals surface area (Å²) in [7, 11) is 1.60. The van der Waals surface area contributed by atoms with Gasteiger partial charge in [0.1, 0.15) is 5.75 Å². The number of aryl methyl sites for hydroxylation is 1. The number of rotatable bonds is 5. The van der Waals surface area contributed by atoms with Crippen molar-refractivity contribution in [3.63, 3.8) is 0 Å². The average molecular weight is 401 g/mol. The molecule has 0 saturated carbocycles. The van der Waals surface area contributed by atoms with Crippen LogP contribution in [-0.4, -0.2) is 19.0 Å². The van der Waals surface area contributed by atoms with Crippen molar-refractivity contribution in [1.29, 1.82) is 0 Å². The molecule has 6 nitrogen and oxygen atoms in total. The number of ether oxygens (including phenoxy) is 1. The molecule has 2 N–H and O–H groups in total. The summed E-state index contributed by atoms with van der Waals surface area (Å²) in [6.07, 6.45) is 1.12. The lowest BCUT2D eigenvalue weighted by Gasteiger charge is -2.30. The maximum absolute atomic E-state index is 12.5.